The van der Waals surface area contributed by atoms with Crippen LogP contribution in [0.25, 0.3) is 0 Å². The van der Waals surface area contributed by atoms with Crippen LogP contribution in [0.2, 0.25) is 0 Å². The van der Waals surface area contributed by atoms with E-state index in [4.69, 9.17) is 15.2 Å². The van der Waals surface area contributed by atoms with Gasteiger partial charge < -0.3 is 20.5 Å². The summed E-state index contributed by atoms with van der Waals surface area (Å²) in [7, 11) is 1.52. The Morgan fingerprint density at radius 2 is 2.24 bits per heavy atom. The molecule has 1 rings (SSSR count). The van der Waals surface area contributed by atoms with E-state index in [1.807, 2.05) is 6.92 Å². The normalized spacial score (nSPS) is 10.0. The number of nitrogen functional groups attached to an aromatic ring is 1. The van der Waals surface area contributed by atoms with Gasteiger partial charge in [0.1, 0.15) is 5.75 Å². The number of ether oxygens (including phenoxy) is 2. The van der Waals surface area contributed by atoms with Gasteiger partial charge in [0.2, 0.25) is 0 Å². The molecule has 0 aliphatic carbocycles. The third kappa shape index (κ3) is 3.96. The third-order valence-electron chi connectivity index (χ3n) is 2.20. The van der Waals surface area contributed by atoms with Gasteiger partial charge >= 0.3 is 0 Å². The number of anilines is 1. The average Bonchev–Trinajstić information content (AvgIpc) is 2.34. The maximum Gasteiger partial charge on any atom is 0.255 e. The molecule has 5 heteroatoms. The second kappa shape index (κ2) is 6.75. The fourth-order valence-electron chi connectivity index (χ4n) is 1.38. The molecule has 0 atom stereocenters. The van der Waals surface area contributed by atoms with Crippen molar-refractivity contribution in [3.8, 4) is 5.75 Å². The van der Waals surface area contributed by atoms with E-state index < -0.39 is 0 Å². The largest absolute Gasteiger partial charge is 0.496 e. The fourth-order valence-corrected chi connectivity index (χ4v) is 1.38. The molecule has 1 amide bonds. The maximum absolute atomic E-state index is 11.8. The van der Waals surface area contributed by atoms with E-state index in [1.165, 1.54) is 7.11 Å². The zero-order valence-corrected chi connectivity index (χ0v) is 10.2. The zero-order valence-electron chi connectivity index (χ0n) is 10.2. The Kier molecular flexibility index (Phi) is 5.29. The Morgan fingerprint density at radius 1 is 1.47 bits per heavy atom. The smallest absolute Gasteiger partial charge is 0.255 e. The summed E-state index contributed by atoms with van der Waals surface area (Å²) in [6, 6.07) is 4.96. The van der Waals surface area contributed by atoms with Crippen LogP contribution in [-0.2, 0) is 4.74 Å². The molecule has 0 spiro atoms. The van der Waals surface area contributed by atoms with E-state index in [2.05, 4.69) is 5.32 Å². The van der Waals surface area contributed by atoms with Gasteiger partial charge in [0.25, 0.3) is 5.91 Å². The molecule has 0 saturated heterocycles. The van der Waals surface area contributed by atoms with Gasteiger partial charge in [0, 0.05) is 18.8 Å². The topological polar surface area (TPSA) is 73.6 Å². The van der Waals surface area contributed by atoms with Crippen molar-refractivity contribution in [1.29, 1.82) is 0 Å². The predicted molar refractivity (Wildman–Crippen MR) is 66.2 cm³/mol. The van der Waals surface area contributed by atoms with Crippen molar-refractivity contribution < 1.29 is 14.3 Å². The maximum atomic E-state index is 11.8. The predicted octanol–water partition coefficient (Wildman–Crippen LogP) is 1.04. The molecule has 0 radical (unpaired) electrons. The summed E-state index contributed by atoms with van der Waals surface area (Å²) < 4.78 is 10.2. The number of hydrogen-bond acceptors (Lipinski definition) is 4. The van der Waals surface area contributed by atoms with Gasteiger partial charge in [-0.05, 0) is 25.1 Å². The molecule has 0 bridgehead atoms. The van der Waals surface area contributed by atoms with E-state index >= 15 is 0 Å². The van der Waals surface area contributed by atoms with E-state index in [0.29, 0.717) is 36.8 Å². The number of benzene rings is 1. The lowest BCUT2D eigenvalue weighted by molar-refractivity contribution is 0.0919. The second-order valence-electron chi connectivity index (χ2n) is 3.41. The highest BCUT2D eigenvalue weighted by Gasteiger charge is 2.11. The van der Waals surface area contributed by atoms with Crippen molar-refractivity contribution >= 4 is 11.6 Å². The lowest BCUT2D eigenvalue weighted by atomic mass is 10.1. The number of amides is 1. The van der Waals surface area contributed by atoms with Crippen molar-refractivity contribution in [2.45, 2.75) is 6.92 Å². The number of hydrogen-bond donors (Lipinski definition) is 2. The number of rotatable bonds is 6. The molecule has 17 heavy (non-hydrogen) atoms. The van der Waals surface area contributed by atoms with Crippen molar-refractivity contribution in [3.05, 3.63) is 23.8 Å². The Balaban J connectivity index is 2.64. The molecule has 1 aromatic rings. The number of carbonyl (C=O) groups excluding carboxylic acids is 1. The molecule has 0 fully saturated rings. The summed E-state index contributed by atoms with van der Waals surface area (Å²) in [6.07, 6.45) is 0. The molecular weight excluding hydrogens is 220 g/mol. The molecule has 0 aromatic heterocycles. The molecule has 0 heterocycles. The highest BCUT2D eigenvalue weighted by atomic mass is 16.5. The van der Waals surface area contributed by atoms with E-state index in [0.717, 1.165) is 0 Å². The number of nitrogens with one attached hydrogen (secondary N) is 1. The lowest BCUT2D eigenvalue weighted by Crippen LogP contribution is -2.27. The van der Waals surface area contributed by atoms with Crippen LogP contribution in [0, 0.1) is 0 Å². The van der Waals surface area contributed by atoms with Gasteiger partial charge in [0.05, 0.1) is 19.3 Å². The number of methoxy groups -OCH3 is 1. The minimum absolute atomic E-state index is 0.214. The molecule has 0 aliphatic heterocycles. The summed E-state index contributed by atoms with van der Waals surface area (Å²) >= 11 is 0. The van der Waals surface area contributed by atoms with Crippen LogP contribution < -0.4 is 15.8 Å². The van der Waals surface area contributed by atoms with E-state index in [1.54, 1.807) is 18.2 Å². The zero-order chi connectivity index (χ0) is 12.7. The quantitative estimate of drug-likeness (QED) is 0.573. The average molecular weight is 238 g/mol. The van der Waals surface area contributed by atoms with E-state index in [9.17, 15) is 4.79 Å². The molecule has 0 unspecified atom stereocenters. The monoisotopic (exact) mass is 238 g/mol. The summed E-state index contributed by atoms with van der Waals surface area (Å²) in [5, 5.41) is 2.74. The molecule has 3 N–H and O–H groups in total. The highest BCUT2D eigenvalue weighted by molar-refractivity contribution is 5.97. The fraction of sp³-hybridized carbons (Fsp3) is 0.417. The Bertz CT molecular complexity index is 380. The standard InChI is InChI=1S/C12H18N2O3/c1-3-17-7-6-14-12(15)10-8-9(13)4-5-11(10)16-2/h4-5,8H,3,6-7,13H2,1-2H3,(H,14,15). The second-order valence-corrected chi connectivity index (χ2v) is 3.41. The van der Waals surface area contributed by atoms with Crippen molar-refractivity contribution in [3.63, 3.8) is 0 Å². The molecule has 0 saturated carbocycles. The lowest BCUT2D eigenvalue weighted by Gasteiger charge is -2.10. The first kappa shape index (κ1) is 13.3. The Hall–Kier alpha value is -1.75. The minimum atomic E-state index is -0.214. The van der Waals surface area contributed by atoms with Gasteiger partial charge in [0.15, 0.2) is 0 Å². The van der Waals surface area contributed by atoms with E-state index in [-0.39, 0.29) is 5.91 Å². The number of carbonyl (C=O) groups is 1. The molecule has 0 aliphatic rings. The summed E-state index contributed by atoms with van der Waals surface area (Å²) in [6.45, 7) is 3.50. The van der Waals surface area contributed by atoms with Gasteiger partial charge in [-0.15, -0.1) is 0 Å². The third-order valence-corrected chi connectivity index (χ3v) is 2.20. The summed E-state index contributed by atoms with van der Waals surface area (Å²) in [4.78, 5) is 11.8. The molecular formula is C12H18N2O3. The minimum Gasteiger partial charge on any atom is -0.496 e. The molecule has 5 nitrogen and oxygen atoms in total. The van der Waals surface area contributed by atoms with Gasteiger partial charge in [-0.2, -0.15) is 0 Å². The van der Waals surface area contributed by atoms with Crippen LogP contribution in [0.5, 0.6) is 5.75 Å². The van der Waals surface area contributed by atoms with Gasteiger partial charge in [-0.25, -0.2) is 0 Å². The van der Waals surface area contributed by atoms with Crippen LogP contribution in [0.1, 0.15) is 17.3 Å². The summed E-state index contributed by atoms with van der Waals surface area (Å²) in [5.41, 5.74) is 6.60. The van der Waals surface area contributed by atoms with Crippen LogP contribution >= 0.6 is 0 Å². The van der Waals surface area contributed by atoms with Crippen molar-refractivity contribution in [1.82, 2.24) is 5.32 Å². The van der Waals surface area contributed by atoms with Crippen LogP contribution in [-0.4, -0.2) is 32.8 Å². The Morgan fingerprint density at radius 3 is 2.88 bits per heavy atom. The van der Waals surface area contributed by atoms with Crippen molar-refractivity contribution in [2.24, 2.45) is 0 Å². The van der Waals surface area contributed by atoms with Crippen LogP contribution in [0.15, 0.2) is 18.2 Å². The van der Waals surface area contributed by atoms with Gasteiger partial charge in [-0.3, -0.25) is 4.79 Å². The molecule has 94 valence electrons. The SMILES string of the molecule is CCOCCNC(=O)c1cc(N)ccc1OC. The van der Waals surface area contributed by atoms with Crippen molar-refractivity contribution in [2.75, 3.05) is 32.6 Å². The Labute approximate surface area is 101 Å². The molecule has 1 aromatic carbocycles. The number of nitrogens with two attached hydrogens (primary N) is 1. The first-order chi connectivity index (χ1) is 8.19. The summed E-state index contributed by atoms with van der Waals surface area (Å²) in [5.74, 6) is 0.293. The van der Waals surface area contributed by atoms with Crippen LogP contribution in [0.4, 0.5) is 5.69 Å². The highest BCUT2D eigenvalue weighted by Crippen LogP contribution is 2.20. The van der Waals surface area contributed by atoms with Crippen LogP contribution in [0.3, 0.4) is 0 Å². The first-order valence-electron chi connectivity index (χ1n) is 5.48. The van der Waals surface area contributed by atoms with Gasteiger partial charge in [-0.1, -0.05) is 0 Å². The first-order valence-corrected chi connectivity index (χ1v) is 5.48.